The SMILES string of the molecule is CC(O)(c1ccc(Cl)cc1)C(Oc1ccc(Cl)cc1Cl)n1cncn1. The molecule has 0 saturated heterocycles. The summed E-state index contributed by atoms with van der Waals surface area (Å²) in [4.78, 5) is 3.93. The highest BCUT2D eigenvalue weighted by molar-refractivity contribution is 6.35. The van der Waals surface area contributed by atoms with Gasteiger partial charge in [-0.15, -0.1) is 0 Å². The molecule has 2 unspecified atom stereocenters. The van der Waals surface area contributed by atoms with Crippen molar-refractivity contribution >= 4 is 34.8 Å². The predicted molar refractivity (Wildman–Crippen MR) is 97.2 cm³/mol. The normalized spacial score (nSPS) is 14.8. The van der Waals surface area contributed by atoms with E-state index in [9.17, 15) is 5.11 Å². The fraction of sp³-hybridized carbons (Fsp3) is 0.176. The van der Waals surface area contributed by atoms with E-state index < -0.39 is 11.8 Å². The maximum atomic E-state index is 11.2. The lowest BCUT2D eigenvalue weighted by Gasteiger charge is -2.33. The predicted octanol–water partition coefficient (Wildman–Crippen LogP) is 4.72. The van der Waals surface area contributed by atoms with Crippen molar-refractivity contribution in [2.24, 2.45) is 0 Å². The second-order valence-electron chi connectivity index (χ2n) is 5.57. The maximum Gasteiger partial charge on any atom is 0.225 e. The van der Waals surface area contributed by atoms with Crippen LogP contribution in [0, 0.1) is 0 Å². The van der Waals surface area contributed by atoms with Crippen LogP contribution in [0.4, 0.5) is 0 Å². The Hall–Kier alpha value is -1.79. The van der Waals surface area contributed by atoms with Crippen molar-refractivity contribution in [2.75, 3.05) is 0 Å². The monoisotopic (exact) mass is 397 g/mol. The molecule has 5 nitrogen and oxygen atoms in total. The number of hydrogen-bond donors (Lipinski definition) is 1. The number of halogens is 3. The van der Waals surface area contributed by atoms with E-state index in [1.807, 2.05) is 0 Å². The molecule has 0 amide bonds. The second kappa shape index (κ2) is 7.22. The lowest BCUT2D eigenvalue weighted by molar-refractivity contribution is -0.0978. The third kappa shape index (κ3) is 3.90. The molecule has 0 aliphatic heterocycles. The first kappa shape index (κ1) is 18.0. The molecular formula is C17H14Cl3N3O2. The zero-order chi connectivity index (χ0) is 18.0. The lowest BCUT2D eigenvalue weighted by atomic mass is 9.94. The third-order valence-corrected chi connectivity index (χ3v) is 4.50. The first-order valence-corrected chi connectivity index (χ1v) is 8.45. The van der Waals surface area contributed by atoms with E-state index in [1.54, 1.807) is 49.4 Å². The Morgan fingerprint density at radius 3 is 2.36 bits per heavy atom. The summed E-state index contributed by atoms with van der Waals surface area (Å²) in [6.45, 7) is 1.62. The van der Waals surface area contributed by atoms with E-state index in [-0.39, 0.29) is 0 Å². The highest BCUT2D eigenvalue weighted by Crippen LogP contribution is 2.37. The van der Waals surface area contributed by atoms with Crippen LogP contribution >= 0.6 is 34.8 Å². The van der Waals surface area contributed by atoms with Gasteiger partial charge in [-0.25, -0.2) is 9.67 Å². The van der Waals surface area contributed by atoms with Gasteiger partial charge in [0.2, 0.25) is 6.23 Å². The zero-order valence-electron chi connectivity index (χ0n) is 13.1. The summed E-state index contributed by atoms with van der Waals surface area (Å²) >= 11 is 18.1. The summed E-state index contributed by atoms with van der Waals surface area (Å²) in [5, 5.41) is 16.7. The van der Waals surface area contributed by atoms with Crippen LogP contribution in [0.3, 0.4) is 0 Å². The molecule has 1 N–H and O–H groups in total. The van der Waals surface area contributed by atoms with Crippen molar-refractivity contribution < 1.29 is 9.84 Å². The standard InChI is InChI=1S/C17H14Cl3N3O2/c1-17(24,11-2-4-12(18)5-3-11)16(23-10-21-9-22-23)25-15-7-6-13(19)8-14(15)20/h2-10,16,24H,1H3. The first-order valence-electron chi connectivity index (χ1n) is 7.32. The van der Waals surface area contributed by atoms with Gasteiger partial charge in [-0.1, -0.05) is 46.9 Å². The minimum absolute atomic E-state index is 0.324. The minimum atomic E-state index is -1.44. The summed E-state index contributed by atoms with van der Waals surface area (Å²) in [7, 11) is 0. The van der Waals surface area contributed by atoms with E-state index >= 15 is 0 Å². The molecule has 8 heteroatoms. The Bertz CT molecular complexity index is 852. The summed E-state index contributed by atoms with van der Waals surface area (Å²) in [6, 6.07) is 11.7. The topological polar surface area (TPSA) is 60.2 Å². The first-order chi connectivity index (χ1) is 11.9. The number of rotatable bonds is 5. The molecular weight excluding hydrogens is 385 g/mol. The van der Waals surface area contributed by atoms with Crippen LogP contribution in [-0.2, 0) is 5.60 Å². The smallest absolute Gasteiger partial charge is 0.225 e. The number of benzene rings is 2. The molecule has 0 bridgehead atoms. The van der Waals surface area contributed by atoms with E-state index in [1.165, 1.54) is 17.3 Å². The fourth-order valence-electron chi connectivity index (χ4n) is 2.39. The summed E-state index contributed by atoms with van der Waals surface area (Å²) in [6.07, 6.45) is 1.89. The molecule has 1 heterocycles. The molecule has 0 fully saturated rings. The Labute approximate surface area is 159 Å². The van der Waals surface area contributed by atoms with Crippen molar-refractivity contribution in [3.05, 3.63) is 75.8 Å². The largest absolute Gasteiger partial charge is 0.464 e. The van der Waals surface area contributed by atoms with Crippen molar-refractivity contribution in [1.82, 2.24) is 14.8 Å². The minimum Gasteiger partial charge on any atom is -0.464 e. The van der Waals surface area contributed by atoms with Gasteiger partial charge < -0.3 is 9.84 Å². The van der Waals surface area contributed by atoms with Gasteiger partial charge in [0.05, 0.1) is 5.02 Å². The van der Waals surface area contributed by atoms with Crippen LogP contribution < -0.4 is 4.74 Å². The average Bonchev–Trinajstić information content (AvgIpc) is 3.08. The number of aromatic nitrogens is 3. The van der Waals surface area contributed by atoms with Crippen molar-refractivity contribution in [3.8, 4) is 5.75 Å². The number of ether oxygens (including phenoxy) is 1. The van der Waals surface area contributed by atoms with Crippen LogP contribution in [0.15, 0.2) is 55.1 Å². The molecule has 0 saturated carbocycles. The molecule has 2 atom stereocenters. The van der Waals surface area contributed by atoms with Gasteiger partial charge in [0, 0.05) is 10.0 Å². The molecule has 0 aliphatic rings. The molecule has 0 aliphatic carbocycles. The van der Waals surface area contributed by atoms with Gasteiger partial charge in [0.1, 0.15) is 24.0 Å². The van der Waals surface area contributed by atoms with Gasteiger partial charge in [-0.2, -0.15) is 5.10 Å². The summed E-state index contributed by atoms with van der Waals surface area (Å²) in [5.41, 5.74) is -0.844. The Balaban J connectivity index is 2.01. The zero-order valence-corrected chi connectivity index (χ0v) is 15.4. The van der Waals surface area contributed by atoms with E-state index in [4.69, 9.17) is 39.5 Å². The number of aliphatic hydroxyl groups is 1. The Kier molecular flexibility index (Phi) is 5.20. The van der Waals surface area contributed by atoms with Crippen LogP contribution in [0.2, 0.25) is 15.1 Å². The Morgan fingerprint density at radius 2 is 1.76 bits per heavy atom. The van der Waals surface area contributed by atoms with Gasteiger partial charge >= 0.3 is 0 Å². The number of hydrogen-bond acceptors (Lipinski definition) is 4. The lowest BCUT2D eigenvalue weighted by Crippen LogP contribution is -2.38. The molecule has 2 aromatic carbocycles. The van der Waals surface area contributed by atoms with Crippen LogP contribution in [0.1, 0.15) is 18.7 Å². The highest BCUT2D eigenvalue weighted by Gasteiger charge is 2.38. The van der Waals surface area contributed by atoms with Crippen molar-refractivity contribution in [1.29, 1.82) is 0 Å². The van der Waals surface area contributed by atoms with E-state index in [0.717, 1.165) is 0 Å². The quantitative estimate of drug-likeness (QED) is 0.675. The number of nitrogens with zero attached hydrogens (tertiary/aromatic N) is 3. The van der Waals surface area contributed by atoms with E-state index in [0.29, 0.717) is 26.4 Å². The maximum absolute atomic E-state index is 11.2. The molecule has 1 aromatic heterocycles. The second-order valence-corrected chi connectivity index (χ2v) is 6.85. The summed E-state index contributed by atoms with van der Waals surface area (Å²) < 4.78 is 7.40. The third-order valence-electron chi connectivity index (χ3n) is 3.72. The van der Waals surface area contributed by atoms with Crippen molar-refractivity contribution in [2.45, 2.75) is 18.8 Å². The van der Waals surface area contributed by atoms with Gasteiger partial charge in [-0.05, 0) is 42.8 Å². The van der Waals surface area contributed by atoms with Gasteiger partial charge in [-0.3, -0.25) is 0 Å². The van der Waals surface area contributed by atoms with Crippen LogP contribution in [0.5, 0.6) is 5.75 Å². The molecule has 0 radical (unpaired) electrons. The molecule has 0 spiro atoms. The van der Waals surface area contributed by atoms with Crippen LogP contribution in [0.25, 0.3) is 0 Å². The Morgan fingerprint density at radius 1 is 1.08 bits per heavy atom. The highest BCUT2D eigenvalue weighted by atomic mass is 35.5. The molecule has 130 valence electrons. The average molecular weight is 399 g/mol. The molecule has 3 rings (SSSR count). The molecule has 25 heavy (non-hydrogen) atoms. The summed E-state index contributed by atoms with van der Waals surface area (Å²) in [5.74, 6) is 0.362. The fourth-order valence-corrected chi connectivity index (χ4v) is 2.96. The molecule has 3 aromatic rings. The van der Waals surface area contributed by atoms with Crippen molar-refractivity contribution in [3.63, 3.8) is 0 Å². The van der Waals surface area contributed by atoms with Crippen LogP contribution in [-0.4, -0.2) is 19.9 Å². The van der Waals surface area contributed by atoms with E-state index in [2.05, 4.69) is 10.1 Å². The van der Waals surface area contributed by atoms with Gasteiger partial charge in [0.15, 0.2) is 0 Å². The van der Waals surface area contributed by atoms with Gasteiger partial charge in [0.25, 0.3) is 0 Å².